The van der Waals surface area contributed by atoms with Crippen molar-refractivity contribution in [2.75, 3.05) is 20.3 Å². The van der Waals surface area contributed by atoms with E-state index >= 15 is 0 Å². The molecule has 4 rings (SSSR count). The summed E-state index contributed by atoms with van der Waals surface area (Å²) in [6, 6.07) is 3.84. The normalized spacial score (nSPS) is 24.9. The molecule has 12 heteroatoms. The van der Waals surface area contributed by atoms with Gasteiger partial charge < -0.3 is 9.64 Å². The number of benzene rings is 1. The van der Waals surface area contributed by atoms with Crippen LogP contribution < -0.4 is 0 Å². The van der Waals surface area contributed by atoms with Crippen molar-refractivity contribution in [1.82, 2.24) is 24.6 Å². The smallest absolute Gasteiger partial charge is 0.244 e. The second-order valence-corrected chi connectivity index (χ2v) is 11.5. The second kappa shape index (κ2) is 9.26. The number of piperidine rings is 1. The van der Waals surface area contributed by atoms with Gasteiger partial charge in [-0.25, -0.2) is 8.42 Å². The van der Waals surface area contributed by atoms with E-state index in [0.29, 0.717) is 40.6 Å². The first-order valence-electron chi connectivity index (χ1n) is 9.93. The van der Waals surface area contributed by atoms with Crippen LogP contribution in [0.3, 0.4) is 0 Å². The number of hydrogen-bond acceptors (Lipinski definition) is 6. The monoisotopic (exact) mass is 575 g/mol. The minimum atomic E-state index is -3.92. The predicted octanol–water partition coefficient (Wildman–Crippen LogP) is 2.55. The summed E-state index contributed by atoms with van der Waals surface area (Å²) in [4.78, 5) is 15.4. The average Bonchev–Trinajstić information content (AvgIpc) is 3.22. The number of carbonyl (C=O) groups excluding carboxylic acids is 1. The van der Waals surface area contributed by atoms with E-state index in [2.05, 4.69) is 47.3 Å². The molecule has 1 amide bonds. The second-order valence-electron chi connectivity index (χ2n) is 7.85. The van der Waals surface area contributed by atoms with Crippen molar-refractivity contribution >= 4 is 47.8 Å². The molecule has 3 heterocycles. The van der Waals surface area contributed by atoms with Crippen molar-refractivity contribution in [3.05, 3.63) is 39.0 Å². The predicted molar refractivity (Wildman–Crippen MR) is 119 cm³/mol. The van der Waals surface area contributed by atoms with Crippen molar-refractivity contribution in [3.63, 3.8) is 0 Å². The summed E-state index contributed by atoms with van der Waals surface area (Å²) < 4.78 is 35.8. The number of methoxy groups -OCH3 is 1. The number of sulfonamides is 1. The molecule has 0 saturated carbocycles. The molecule has 0 aliphatic carbocycles. The van der Waals surface area contributed by atoms with Gasteiger partial charge in [0.1, 0.15) is 11.7 Å². The van der Waals surface area contributed by atoms with E-state index in [0.717, 1.165) is 6.42 Å². The third kappa shape index (κ3) is 4.58. The number of amides is 1. The highest BCUT2D eigenvalue weighted by Crippen LogP contribution is 2.38. The number of nitrogens with one attached hydrogen (secondary N) is 1. The van der Waals surface area contributed by atoms with Crippen LogP contribution in [0.25, 0.3) is 0 Å². The van der Waals surface area contributed by atoms with E-state index in [1.165, 1.54) is 4.31 Å². The Bertz CT molecular complexity index is 1030. The molecule has 2 bridgehead atoms. The van der Waals surface area contributed by atoms with Gasteiger partial charge in [0, 0.05) is 34.6 Å². The van der Waals surface area contributed by atoms with Gasteiger partial charge in [-0.1, -0.05) is 31.9 Å². The Kier molecular flexibility index (Phi) is 6.82. The zero-order chi connectivity index (χ0) is 22.2. The number of aromatic nitrogens is 3. The molecule has 1 N–H and O–H groups in total. The summed E-state index contributed by atoms with van der Waals surface area (Å²) in [6.07, 6.45) is 3.53. The number of H-pyrrole nitrogens is 1. The van der Waals surface area contributed by atoms with E-state index in [1.807, 2.05) is 0 Å². The number of fused-ring (bicyclic) bond motifs is 2. The maximum absolute atomic E-state index is 13.8. The Hall–Kier alpha value is -1.34. The summed E-state index contributed by atoms with van der Waals surface area (Å²) >= 11 is 6.75. The molecule has 1 aromatic heterocycles. The topological polar surface area (TPSA) is 108 Å². The van der Waals surface area contributed by atoms with E-state index < -0.39 is 16.1 Å². The van der Waals surface area contributed by atoms with Gasteiger partial charge >= 0.3 is 0 Å². The fourth-order valence-corrected chi connectivity index (χ4v) is 8.11. The van der Waals surface area contributed by atoms with Crippen molar-refractivity contribution in [3.8, 4) is 0 Å². The highest BCUT2D eigenvalue weighted by Gasteiger charge is 2.50. The Morgan fingerprint density at radius 1 is 1.23 bits per heavy atom. The summed E-state index contributed by atoms with van der Waals surface area (Å²) in [6.45, 7) is 1.03. The third-order valence-corrected chi connectivity index (χ3v) is 8.64. The van der Waals surface area contributed by atoms with Gasteiger partial charge in [0.2, 0.25) is 15.9 Å². The lowest BCUT2D eigenvalue weighted by molar-refractivity contribution is -0.135. The first-order valence-corrected chi connectivity index (χ1v) is 13.0. The van der Waals surface area contributed by atoms with Gasteiger partial charge in [-0.15, -0.1) is 0 Å². The number of rotatable bonds is 6. The van der Waals surface area contributed by atoms with Gasteiger partial charge in [-0.2, -0.15) is 19.7 Å². The van der Waals surface area contributed by atoms with Crippen LogP contribution in [0.4, 0.5) is 0 Å². The maximum atomic E-state index is 13.8. The first-order chi connectivity index (χ1) is 14.8. The number of ether oxygens (including phenoxy) is 1. The van der Waals surface area contributed by atoms with Crippen LogP contribution >= 0.6 is 31.9 Å². The molecule has 2 aliphatic rings. The zero-order valence-corrected chi connectivity index (χ0v) is 20.9. The van der Waals surface area contributed by atoms with Gasteiger partial charge in [-0.3, -0.25) is 4.79 Å². The number of halogens is 2. The fourth-order valence-electron chi connectivity index (χ4n) is 4.55. The lowest BCUT2D eigenvalue weighted by Crippen LogP contribution is -2.55. The number of aromatic amines is 1. The van der Waals surface area contributed by atoms with E-state index in [9.17, 15) is 13.2 Å². The van der Waals surface area contributed by atoms with Crippen molar-refractivity contribution in [1.29, 1.82) is 0 Å². The van der Waals surface area contributed by atoms with Crippen LogP contribution in [0.2, 0.25) is 0 Å². The number of nitrogens with zero attached hydrogens (tertiary/aromatic N) is 4. The minimum Gasteiger partial charge on any atom is -0.384 e. The molecule has 0 spiro atoms. The van der Waals surface area contributed by atoms with E-state index in [4.69, 9.17) is 4.74 Å². The SMILES string of the molecule is COC[C@H]1CN(Cc2cn[nH]n2)C(=O)C2CCCC1N2S(=O)(=O)c1cc(Br)cc(Br)c1. The lowest BCUT2D eigenvalue weighted by Gasteiger charge is -2.40. The molecular weight excluding hydrogens is 554 g/mol. The molecule has 0 radical (unpaired) electrons. The summed E-state index contributed by atoms with van der Waals surface area (Å²) in [5.74, 6) is -0.361. The minimum absolute atomic E-state index is 0.152. The van der Waals surface area contributed by atoms with Gasteiger partial charge in [0.15, 0.2) is 0 Å². The highest BCUT2D eigenvalue weighted by atomic mass is 79.9. The maximum Gasteiger partial charge on any atom is 0.244 e. The number of carbonyl (C=O) groups is 1. The number of hydrogen-bond donors (Lipinski definition) is 1. The van der Waals surface area contributed by atoms with Crippen LogP contribution in [-0.4, -0.2) is 71.3 Å². The molecular formula is C19H23Br2N5O4S. The fraction of sp³-hybridized carbons (Fsp3) is 0.526. The van der Waals surface area contributed by atoms with Crippen LogP contribution in [0.15, 0.2) is 38.2 Å². The molecule has 2 aromatic rings. The zero-order valence-electron chi connectivity index (χ0n) is 16.9. The third-order valence-electron chi connectivity index (χ3n) is 5.82. The van der Waals surface area contributed by atoms with E-state index in [-0.39, 0.29) is 29.3 Å². The van der Waals surface area contributed by atoms with Gasteiger partial charge in [0.05, 0.1) is 24.2 Å². The molecule has 2 aliphatic heterocycles. The average molecular weight is 577 g/mol. The lowest BCUT2D eigenvalue weighted by atomic mass is 9.91. The molecule has 2 saturated heterocycles. The molecule has 2 fully saturated rings. The molecule has 2 unspecified atom stereocenters. The van der Waals surface area contributed by atoms with Gasteiger partial charge in [0.25, 0.3) is 0 Å². The molecule has 1 aromatic carbocycles. The first kappa shape index (κ1) is 22.8. The van der Waals surface area contributed by atoms with Crippen LogP contribution in [-0.2, 0) is 26.1 Å². The van der Waals surface area contributed by atoms with Gasteiger partial charge in [-0.05, 0) is 37.5 Å². The van der Waals surface area contributed by atoms with Crippen LogP contribution in [0, 0.1) is 5.92 Å². The standard InChI is InChI=1S/C19H23Br2N5O4S/c1-30-11-12-9-25(10-15-8-22-24-23-15)19(27)18-4-2-3-17(12)26(18)31(28,29)16-6-13(20)5-14(21)7-16/h5-8,12,17-18H,2-4,9-11H2,1H3,(H,22,23,24)/t12-,17?,18?/m1/s1. The Morgan fingerprint density at radius 2 is 1.97 bits per heavy atom. The largest absolute Gasteiger partial charge is 0.384 e. The molecule has 31 heavy (non-hydrogen) atoms. The molecule has 3 atom stereocenters. The summed E-state index contributed by atoms with van der Waals surface area (Å²) in [5.41, 5.74) is 0.631. The van der Waals surface area contributed by atoms with Crippen molar-refractivity contribution < 1.29 is 17.9 Å². The Morgan fingerprint density at radius 3 is 2.61 bits per heavy atom. The van der Waals surface area contributed by atoms with Crippen LogP contribution in [0.1, 0.15) is 25.0 Å². The Labute approximate surface area is 197 Å². The highest BCUT2D eigenvalue weighted by molar-refractivity contribution is 9.11. The molecule has 9 nitrogen and oxygen atoms in total. The van der Waals surface area contributed by atoms with E-state index in [1.54, 1.807) is 36.4 Å². The summed E-state index contributed by atoms with van der Waals surface area (Å²) in [5, 5.41) is 10.4. The Balaban J connectivity index is 1.77. The molecule has 168 valence electrons. The van der Waals surface area contributed by atoms with Crippen molar-refractivity contribution in [2.24, 2.45) is 5.92 Å². The quantitative estimate of drug-likeness (QED) is 0.566. The van der Waals surface area contributed by atoms with Crippen molar-refractivity contribution in [2.45, 2.75) is 42.8 Å². The summed E-state index contributed by atoms with van der Waals surface area (Å²) in [7, 11) is -2.33. The van der Waals surface area contributed by atoms with Crippen LogP contribution in [0.5, 0.6) is 0 Å².